The highest BCUT2D eigenvalue weighted by molar-refractivity contribution is 7.16. The Morgan fingerprint density at radius 2 is 2.24 bits per heavy atom. The monoisotopic (exact) mass is 303 g/mol. The van der Waals surface area contributed by atoms with Gasteiger partial charge in [-0.05, 0) is 18.2 Å². The van der Waals surface area contributed by atoms with E-state index in [9.17, 15) is 9.59 Å². The van der Waals surface area contributed by atoms with E-state index >= 15 is 0 Å². The summed E-state index contributed by atoms with van der Waals surface area (Å²) >= 11 is 1.48. The minimum atomic E-state index is -1.05. The van der Waals surface area contributed by atoms with Crippen molar-refractivity contribution < 1.29 is 14.7 Å². The van der Waals surface area contributed by atoms with Gasteiger partial charge in [0.15, 0.2) is 5.69 Å². The number of thiazole rings is 1. The molecule has 0 radical (unpaired) electrons. The Morgan fingerprint density at radius 1 is 1.38 bits per heavy atom. The third kappa shape index (κ3) is 2.87. The van der Waals surface area contributed by atoms with Crippen LogP contribution in [0.5, 0.6) is 0 Å². The molecule has 0 aliphatic rings. The molecule has 0 saturated heterocycles. The molecule has 0 fully saturated rings. The van der Waals surface area contributed by atoms with Crippen molar-refractivity contribution in [2.45, 2.75) is 6.54 Å². The van der Waals surface area contributed by atoms with E-state index in [0.717, 1.165) is 14.9 Å². The van der Waals surface area contributed by atoms with Crippen molar-refractivity contribution in [1.29, 1.82) is 0 Å². The molecule has 2 N–H and O–H groups in total. The van der Waals surface area contributed by atoms with E-state index in [4.69, 9.17) is 5.11 Å². The van der Waals surface area contributed by atoms with Crippen LogP contribution >= 0.6 is 11.3 Å². The Bertz CT molecular complexity index is 825. The number of hydrogen-bond acceptors (Lipinski definition) is 6. The second-order valence-corrected chi connectivity index (χ2v) is 5.07. The van der Waals surface area contributed by atoms with Crippen molar-refractivity contribution in [3.63, 3.8) is 0 Å². The number of aromatic nitrogens is 4. The highest BCUT2D eigenvalue weighted by atomic mass is 32.1. The molecule has 0 unspecified atom stereocenters. The summed E-state index contributed by atoms with van der Waals surface area (Å²) in [4.78, 5) is 26.7. The quantitative estimate of drug-likeness (QED) is 0.750. The second kappa shape index (κ2) is 5.29. The molecule has 0 spiro atoms. The summed E-state index contributed by atoms with van der Waals surface area (Å²) in [6.45, 7) is -0.340. The van der Waals surface area contributed by atoms with E-state index in [2.05, 4.69) is 20.6 Å². The van der Waals surface area contributed by atoms with E-state index in [1.54, 1.807) is 11.6 Å². The predicted molar refractivity (Wildman–Crippen MR) is 75.2 cm³/mol. The van der Waals surface area contributed by atoms with Crippen LogP contribution in [0.1, 0.15) is 10.5 Å². The predicted octanol–water partition coefficient (Wildman–Crippen LogP) is 1.22. The Kier molecular flexibility index (Phi) is 3.32. The Balaban J connectivity index is 1.75. The maximum absolute atomic E-state index is 12.0. The number of fused-ring (bicyclic) bond motifs is 1. The molecule has 9 heteroatoms. The van der Waals surface area contributed by atoms with Gasteiger partial charge in [-0.15, -0.1) is 16.4 Å². The minimum Gasteiger partial charge on any atom is -0.480 e. The fraction of sp³-hybridized carbons (Fsp3) is 0.0833. The summed E-state index contributed by atoms with van der Waals surface area (Å²) < 4.78 is 2.05. The van der Waals surface area contributed by atoms with Crippen LogP contribution in [-0.2, 0) is 11.3 Å². The smallest absolute Gasteiger partial charge is 0.325 e. The van der Waals surface area contributed by atoms with E-state index in [0.29, 0.717) is 5.69 Å². The van der Waals surface area contributed by atoms with Crippen molar-refractivity contribution in [3.05, 3.63) is 35.6 Å². The average Bonchev–Trinajstić information content (AvgIpc) is 3.06. The highest BCUT2D eigenvalue weighted by Gasteiger charge is 2.12. The molecule has 21 heavy (non-hydrogen) atoms. The van der Waals surface area contributed by atoms with Crippen LogP contribution in [0.2, 0.25) is 0 Å². The van der Waals surface area contributed by atoms with Crippen LogP contribution in [0.4, 0.5) is 5.69 Å². The van der Waals surface area contributed by atoms with Crippen molar-refractivity contribution in [3.8, 4) is 0 Å². The number of amides is 1. The number of carbonyl (C=O) groups excluding carboxylic acids is 1. The molecule has 3 rings (SSSR count). The second-order valence-electron chi connectivity index (χ2n) is 4.18. The zero-order chi connectivity index (χ0) is 14.8. The molecule has 0 atom stereocenters. The topological polar surface area (TPSA) is 110 Å². The van der Waals surface area contributed by atoms with Crippen LogP contribution in [0, 0.1) is 0 Å². The van der Waals surface area contributed by atoms with Crippen molar-refractivity contribution in [1.82, 2.24) is 20.0 Å². The lowest BCUT2D eigenvalue weighted by Crippen LogP contribution is -2.12. The molecule has 0 saturated carbocycles. The zero-order valence-corrected chi connectivity index (χ0v) is 11.4. The molecule has 8 nitrogen and oxygen atoms in total. The number of benzene rings is 1. The zero-order valence-electron chi connectivity index (χ0n) is 10.6. The van der Waals surface area contributed by atoms with Crippen LogP contribution in [0.15, 0.2) is 29.9 Å². The van der Waals surface area contributed by atoms with Gasteiger partial charge in [0.2, 0.25) is 0 Å². The van der Waals surface area contributed by atoms with Gasteiger partial charge in [0, 0.05) is 5.69 Å². The number of carboxylic acids is 1. The third-order valence-corrected chi connectivity index (χ3v) is 3.45. The Morgan fingerprint density at radius 3 is 3.05 bits per heavy atom. The SMILES string of the molecule is O=C(O)Cn1cc(C(=O)Nc2ccc3ncsc3c2)nn1. The van der Waals surface area contributed by atoms with Gasteiger partial charge < -0.3 is 10.4 Å². The molecular weight excluding hydrogens is 294 g/mol. The molecular formula is C12H9N5O3S. The van der Waals surface area contributed by atoms with Gasteiger partial charge in [-0.25, -0.2) is 9.67 Å². The van der Waals surface area contributed by atoms with E-state index in [1.165, 1.54) is 17.5 Å². The largest absolute Gasteiger partial charge is 0.480 e. The number of rotatable bonds is 4. The summed E-state index contributed by atoms with van der Waals surface area (Å²) in [5, 5.41) is 18.5. The van der Waals surface area contributed by atoms with Gasteiger partial charge in [-0.3, -0.25) is 9.59 Å². The van der Waals surface area contributed by atoms with Crippen LogP contribution < -0.4 is 5.32 Å². The fourth-order valence-corrected chi connectivity index (χ4v) is 2.46. The van der Waals surface area contributed by atoms with Gasteiger partial charge in [0.05, 0.1) is 21.9 Å². The van der Waals surface area contributed by atoms with Crippen molar-refractivity contribution in [2.75, 3.05) is 5.32 Å². The molecule has 1 aromatic carbocycles. The number of carboxylic acid groups (broad SMARTS) is 1. The molecule has 2 heterocycles. The van der Waals surface area contributed by atoms with Crippen LogP contribution in [-0.4, -0.2) is 37.0 Å². The normalized spacial score (nSPS) is 10.7. The number of nitrogens with one attached hydrogen (secondary N) is 1. The summed E-state index contributed by atoms with van der Waals surface area (Å²) in [6.07, 6.45) is 1.29. The first-order chi connectivity index (χ1) is 10.1. The van der Waals surface area contributed by atoms with Gasteiger partial charge in [-0.1, -0.05) is 5.21 Å². The van der Waals surface area contributed by atoms with E-state index < -0.39 is 11.9 Å². The summed E-state index contributed by atoms with van der Waals surface area (Å²) in [5.41, 5.74) is 3.27. The number of aliphatic carboxylic acids is 1. The molecule has 3 aromatic rings. The Hall–Kier alpha value is -2.81. The fourth-order valence-electron chi connectivity index (χ4n) is 1.75. The lowest BCUT2D eigenvalue weighted by Gasteiger charge is -2.02. The molecule has 2 aromatic heterocycles. The standard InChI is InChI=1S/C12H9N5O3S/c18-11(19)5-17-4-9(15-16-17)12(20)14-7-1-2-8-10(3-7)21-6-13-8/h1-4,6H,5H2,(H,14,20)(H,18,19). The first-order valence-electron chi connectivity index (χ1n) is 5.88. The summed E-state index contributed by atoms with van der Waals surface area (Å²) in [5.74, 6) is -1.50. The van der Waals surface area contributed by atoms with Crippen molar-refractivity contribution in [2.24, 2.45) is 0 Å². The van der Waals surface area contributed by atoms with Gasteiger partial charge in [0.1, 0.15) is 6.54 Å². The first-order valence-corrected chi connectivity index (χ1v) is 6.76. The summed E-state index contributed by atoms with van der Waals surface area (Å²) in [7, 11) is 0. The highest BCUT2D eigenvalue weighted by Crippen LogP contribution is 2.22. The molecule has 1 amide bonds. The Labute approximate surface area is 122 Å². The van der Waals surface area contributed by atoms with E-state index in [-0.39, 0.29) is 12.2 Å². The molecule has 0 bridgehead atoms. The first kappa shape index (κ1) is 13.2. The number of anilines is 1. The molecule has 0 aliphatic heterocycles. The van der Waals surface area contributed by atoms with Crippen LogP contribution in [0.25, 0.3) is 10.2 Å². The van der Waals surface area contributed by atoms with E-state index in [1.807, 2.05) is 12.1 Å². The number of nitrogens with zero attached hydrogens (tertiary/aromatic N) is 4. The van der Waals surface area contributed by atoms with Gasteiger partial charge in [0.25, 0.3) is 5.91 Å². The van der Waals surface area contributed by atoms with Gasteiger partial charge in [-0.2, -0.15) is 0 Å². The molecule has 106 valence electrons. The lowest BCUT2D eigenvalue weighted by atomic mass is 10.3. The average molecular weight is 303 g/mol. The van der Waals surface area contributed by atoms with Crippen LogP contribution in [0.3, 0.4) is 0 Å². The number of hydrogen-bond donors (Lipinski definition) is 2. The third-order valence-electron chi connectivity index (χ3n) is 2.66. The maximum atomic E-state index is 12.0. The minimum absolute atomic E-state index is 0.0562. The number of carbonyl (C=O) groups is 2. The van der Waals surface area contributed by atoms with Gasteiger partial charge >= 0.3 is 5.97 Å². The maximum Gasteiger partial charge on any atom is 0.325 e. The lowest BCUT2D eigenvalue weighted by molar-refractivity contribution is -0.137. The van der Waals surface area contributed by atoms with Crippen molar-refractivity contribution >= 4 is 39.1 Å². The molecule has 0 aliphatic carbocycles. The summed E-state index contributed by atoms with van der Waals surface area (Å²) in [6, 6.07) is 5.36.